The lowest BCUT2D eigenvalue weighted by Crippen LogP contribution is -2.23. The van der Waals surface area contributed by atoms with Crippen molar-refractivity contribution in [1.29, 1.82) is 0 Å². The van der Waals surface area contributed by atoms with Gasteiger partial charge >= 0.3 is 0 Å². The molecule has 0 radical (unpaired) electrons. The zero-order valence-corrected chi connectivity index (χ0v) is 10.3. The first-order valence-corrected chi connectivity index (χ1v) is 5.80. The van der Waals surface area contributed by atoms with E-state index in [1.807, 2.05) is 6.92 Å². The van der Waals surface area contributed by atoms with Crippen LogP contribution in [0.25, 0.3) is 0 Å². The summed E-state index contributed by atoms with van der Waals surface area (Å²) in [5, 5.41) is 18.8. The number of rotatable bonds is 7. The molecule has 0 saturated carbocycles. The molecule has 0 spiro atoms. The third-order valence-electron chi connectivity index (χ3n) is 2.32. The average molecular weight is 240 g/mol. The third kappa shape index (κ3) is 5.17. The van der Waals surface area contributed by atoms with Crippen LogP contribution in [-0.2, 0) is 4.74 Å². The number of ether oxygens (including phenoxy) is 2. The van der Waals surface area contributed by atoms with Gasteiger partial charge in [-0.3, -0.25) is 0 Å². The molecule has 0 fully saturated rings. The van der Waals surface area contributed by atoms with Gasteiger partial charge in [0.1, 0.15) is 18.5 Å². The van der Waals surface area contributed by atoms with Crippen molar-refractivity contribution in [3.63, 3.8) is 0 Å². The van der Waals surface area contributed by atoms with Crippen molar-refractivity contribution in [3.05, 3.63) is 29.8 Å². The van der Waals surface area contributed by atoms with Crippen LogP contribution < -0.4 is 4.74 Å². The van der Waals surface area contributed by atoms with Gasteiger partial charge in [0.15, 0.2) is 0 Å². The van der Waals surface area contributed by atoms with E-state index in [0.29, 0.717) is 12.4 Å². The van der Waals surface area contributed by atoms with Gasteiger partial charge in [-0.2, -0.15) is 0 Å². The van der Waals surface area contributed by atoms with E-state index in [1.54, 1.807) is 31.2 Å². The van der Waals surface area contributed by atoms with Crippen LogP contribution in [0.15, 0.2) is 24.3 Å². The van der Waals surface area contributed by atoms with Crippen LogP contribution >= 0.6 is 0 Å². The van der Waals surface area contributed by atoms with Gasteiger partial charge in [0.2, 0.25) is 0 Å². The Morgan fingerprint density at radius 2 is 1.76 bits per heavy atom. The van der Waals surface area contributed by atoms with Crippen molar-refractivity contribution in [2.75, 3.05) is 19.8 Å². The Bertz CT molecular complexity index is 308. The van der Waals surface area contributed by atoms with Gasteiger partial charge in [0.05, 0.1) is 12.7 Å². The molecule has 1 aromatic carbocycles. The Morgan fingerprint density at radius 3 is 2.29 bits per heavy atom. The van der Waals surface area contributed by atoms with E-state index in [0.717, 1.165) is 5.56 Å². The second kappa shape index (κ2) is 7.27. The van der Waals surface area contributed by atoms with Gasteiger partial charge in [-0.1, -0.05) is 12.1 Å². The Labute approximate surface area is 102 Å². The minimum absolute atomic E-state index is 0.202. The smallest absolute Gasteiger partial charge is 0.119 e. The van der Waals surface area contributed by atoms with Crippen molar-refractivity contribution < 1.29 is 19.7 Å². The molecule has 17 heavy (non-hydrogen) atoms. The number of aliphatic hydroxyl groups is 2. The highest BCUT2D eigenvalue weighted by molar-refractivity contribution is 5.28. The molecule has 1 rings (SSSR count). The van der Waals surface area contributed by atoms with Gasteiger partial charge in [0.25, 0.3) is 0 Å². The monoisotopic (exact) mass is 240 g/mol. The summed E-state index contributed by atoms with van der Waals surface area (Å²) < 4.78 is 10.5. The quantitative estimate of drug-likeness (QED) is 0.758. The lowest BCUT2D eigenvalue weighted by Gasteiger charge is -2.12. The molecule has 2 atom stereocenters. The van der Waals surface area contributed by atoms with Crippen LogP contribution in [0.4, 0.5) is 0 Å². The molecule has 0 aliphatic rings. The SMILES string of the molecule is CCOCC(O)COc1ccc([C@@H](C)O)cc1. The second-order valence-electron chi connectivity index (χ2n) is 3.87. The van der Waals surface area contributed by atoms with Gasteiger partial charge in [0, 0.05) is 6.61 Å². The summed E-state index contributed by atoms with van der Waals surface area (Å²) in [4.78, 5) is 0. The summed E-state index contributed by atoms with van der Waals surface area (Å²) >= 11 is 0. The largest absolute Gasteiger partial charge is 0.491 e. The molecular formula is C13H20O4. The predicted molar refractivity (Wildman–Crippen MR) is 65.1 cm³/mol. The molecule has 4 heteroatoms. The molecule has 0 bridgehead atoms. The van der Waals surface area contributed by atoms with Gasteiger partial charge in [-0.25, -0.2) is 0 Å². The summed E-state index contributed by atoms with van der Waals surface area (Å²) in [5.41, 5.74) is 0.840. The van der Waals surface area contributed by atoms with Crippen molar-refractivity contribution in [3.8, 4) is 5.75 Å². The van der Waals surface area contributed by atoms with E-state index in [9.17, 15) is 10.2 Å². The van der Waals surface area contributed by atoms with Crippen LogP contribution in [0.5, 0.6) is 5.75 Å². The number of benzene rings is 1. The average Bonchev–Trinajstić information content (AvgIpc) is 2.34. The van der Waals surface area contributed by atoms with E-state index in [1.165, 1.54) is 0 Å². The summed E-state index contributed by atoms with van der Waals surface area (Å²) in [6.07, 6.45) is -1.10. The molecule has 4 nitrogen and oxygen atoms in total. The highest BCUT2D eigenvalue weighted by Crippen LogP contribution is 2.17. The maximum absolute atomic E-state index is 9.49. The van der Waals surface area contributed by atoms with E-state index >= 15 is 0 Å². The summed E-state index contributed by atoms with van der Waals surface area (Å²) in [6.45, 7) is 4.65. The standard InChI is InChI=1S/C13H20O4/c1-3-16-8-12(15)9-17-13-6-4-11(5-7-13)10(2)14/h4-7,10,12,14-15H,3,8-9H2,1-2H3/t10-,12?/m1/s1. The predicted octanol–water partition coefficient (Wildman–Crippen LogP) is 1.52. The lowest BCUT2D eigenvalue weighted by molar-refractivity contribution is 0.0164. The second-order valence-corrected chi connectivity index (χ2v) is 3.87. The highest BCUT2D eigenvalue weighted by atomic mass is 16.5. The molecule has 0 aromatic heterocycles. The van der Waals surface area contributed by atoms with Crippen molar-refractivity contribution in [2.24, 2.45) is 0 Å². The van der Waals surface area contributed by atoms with Gasteiger partial charge in [-0.15, -0.1) is 0 Å². The first-order chi connectivity index (χ1) is 8.13. The molecular weight excluding hydrogens is 220 g/mol. The van der Waals surface area contributed by atoms with Crippen molar-refractivity contribution in [2.45, 2.75) is 26.1 Å². The lowest BCUT2D eigenvalue weighted by atomic mass is 10.1. The minimum Gasteiger partial charge on any atom is -0.491 e. The fourth-order valence-electron chi connectivity index (χ4n) is 1.34. The zero-order valence-electron chi connectivity index (χ0n) is 10.3. The van der Waals surface area contributed by atoms with E-state index < -0.39 is 12.2 Å². The van der Waals surface area contributed by atoms with Crippen LogP contribution in [0, 0.1) is 0 Å². The minimum atomic E-state index is -0.619. The molecule has 0 aliphatic heterocycles. The van der Waals surface area contributed by atoms with Crippen molar-refractivity contribution >= 4 is 0 Å². The number of aliphatic hydroxyl groups excluding tert-OH is 2. The highest BCUT2D eigenvalue weighted by Gasteiger charge is 2.05. The van der Waals surface area contributed by atoms with Gasteiger partial charge in [-0.05, 0) is 31.5 Å². The Morgan fingerprint density at radius 1 is 1.12 bits per heavy atom. The first-order valence-electron chi connectivity index (χ1n) is 5.80. The van der Waals surface area contributed by atoms with Crippen LogP contribution in [-0.4, -0.2) is 36.1 Å². The normalized spacial score (nSPS) is 14.4. The molecule has 0 amide bonds. The van der Waals surface area contributed by atoms with E-state index in [-0.39, 0.29) is 13.2 Å². The maximum Gasteiger partial charge on any atom is 0.119 e. The molecule has 1 aromatic rings. The Kier molecular flexibility index (Phi) is 5.97. The maximum atomic E-state index is 9.49. The van der Waals surface area contributed by atoms with Gasteiger partial charge < -0.3 is 19.7 Å². The third-order valence-corrected chi connectivity index (χ3v) is 2.32. The number of hydrogen-bond donors (Lipinski definition) is 2. The molecule has 1 unspecified atom stereocenters. The first kappa shape index (κ1) is 14.0. The molecule has 0 heterocycles. The van der Waals surface area contributed by atoms with Crippen LogP contribution in [0.1, 0.15) is 25.5 Å². The fourth-order valence-corrected chi connectivity index (χ4v) is 1.34. The zero-order chi connectivity index (χ0) is 12.7. The van der Waals surface area contributed by atoms with Crippen LogP contribution in [0.2, 0.25) is 0 Å². The molecule has 96 valence electrons. The molecule has 0 saturated heterocycles. The summed E-state index contributed by atoms with van der Waals surface area (Å²) in [7, 11) is 0. The Hall–Kier alpha value is -1.10. The molecule has 0 aliphatic carbocycles. The van der Waals surface area contributed by atoms with E-state index in [2.05, 4.69) is 0 Å². The topological polar surface area (TPSA) is 58.9 Å². The van der Waals surface area contributed by atoms with E-state index in [4.69, 9.17) is 9.47 Å². The summed E-state index contributed by atoms with van der Waals surface area (Å²) in [5.74, 6) is 0.671. The fraction of sp³-hybridized carbons (Fsp3) is 0.538. The summed E-state index contributed by atoms with van der Waals surface area (Å²) in [6, 6.07) is 7.15. The molecule has 2 N–H and O–H groups in total. The van der Waals surface area contributed by atoms with Crippen LogP contribution in [0.3, 0.4) is 0 Å². The van der Waals surface area contributed by atoms with Crippen molar-refractivity contribution in [1.82, 2.24) is 0 Å². The Balaban J connectivity index is 2.36. The number of hydrogen-bond acceptors (Lipinski definition) is 4.